The maximum absolute atomic E-state index is 12.1. The molecule has 6 nitrogen and oxygen atoms in total. The van der Waals surface area contributed by atoms with Gasteiger partial charge in [-0.15, -0.1) is 0 Å². The van der Waals surface area contributed by atoms with Crippen molar-refractivity contribution >= 4 is 5.91 Å². The van der Waals surface area contributed by atoms with Gasteiger partial charge in [-0.25, -0.2) is 4.98 Å². The summed E-state index contributed by atoms with van der Waals surface area (Å²) < 4.78 is 5.50. The van der Waals surface area contributed by atoms with Crippen LogP contribution in [0.25, 0.3) is 11.3 Å². The molecule has 0 bridgehead atoms. The number of nitrogens with zero attached hydrogens (tertiary/aromatic N) is 3. The number of oxazole rings is 1. The molecule has 112 valence electrons. The monoisotopic (exact) mass is 296 g/mol. The highest BCUT2D eigenvalue weighted by Gasteiger charge is 2.23. The second kappa shape index (κ2) is 6.31. The summed E-state index contributed by atoms with van der Waals surface area (Å²) in [6.07, 6.45) is 4.59. The minimum Gasteiger partial charge on any atom is -0.432 e. The van der Waals surface area contributed by atoms with Crippen molar-refractivity contribution in [1.29, 1.82) is 5.26 Å². The minimum absolute atomic E-state index is 0.0639. The van der Waals surface area contributed by atoms with Crippen LogP contribution in [0.15, 0.2) is 40.9 Å². The number of carbonyl (C=O) groups excluding carboxylic acids is 1. The molecule has 1 atom stereocenters. The molecule has 6 heteroatoms. The van der Waals surface area contributed by atoms with Crippen LogP contribution in [-0.2, 0) is 0 Å². The molecule has 2 aromatic rings. The minimum atomic E-state index is -0.322. The summed E-state index contributed by atoms with van der Waals surface area (Å²) in [5.41, 5.74) is 0.884. The summed E-state index contributed by atoms with van der Waals surface area (Å²) in [5, 5.41) is 11.6. The second-order valence-corrected chi connectivity index (χ2v) is 5.31. The molecule has 1 N–H and O–H groups in total. The molecule has 1 amide bonds. The van der Waals surface area contributed by atoms with Crippen molar-refractivity contribution in [2.45, 2.75) is 6.42 Å². The Bertz CT molecular complexity index is 690. The Labute approximate surface area is 128 Å². The van der Waals surface area contributed by atoms with Crippen molar-refractivity contribution in [2.75, 3.05) is 19.6 Å². The molecule has 3 rings (SSSR count). The number of benzene rings is 1. The highest BCUT2D eigenvalue weighted by molar-refractivity contribution is 5.90. The van der Waals surface area contributed by atoms with Gasteiger partial charge < -0.3 is 14.6 Å². The third-order valence-corrected chi connectivity index (χ3v) is 3.74. The molecule has 1 saturated heterocycles. The van der Waals surface area contributed by atoms with Gasteiger partial charge in [0.1, 0.15) is 0 Å². The number of amides is 1. The van der Waals surface area contributed by atoms with Crippen LogP contribution >= 0.6 is 0 Å². The lowest BCUT2D eigenvalue weighted by Crippen LogP contribution is -2.30. The lowest BCUT2D eigenvalue weighted by molar-refractivity contribution is 0.0914. The van der Waals surface area contributed by atoms with Gasteiger partial charge >= 0.3 is 5.91 Å². The summed E-state index contributed by atoms with van der Waals surface area (Å²) >= 11 is 0. The van der Waals surface area contributed by atoms with Gasteiger partial charge in [-0.05, 0) is 12.3 Å². The van der Waals surface area contributed by atoms with Gasteiger partial charge in [0.25, 0.3) is 5.89 Å². The zero-order chi connectivity index (χ0) is 15.4. The molecule has 0 saturated carbocycles. The first-order valence-electron chi connectivity index (χ1n) is 7.20. The van der Waals surface area contributed by atoms with Crippen LogP contribution in [0.3, 0.4) is 0 Å². The lowest BCUT2D eigenvalue weighted by Gasteiger charge is -2.09. The molecular formula is C16H16N4O2. The first-order valence-corrected chi connectivity index (χ1v) is 7.20. The molecule has 0 aliphatic carbocycles. The zero-order valence-corrected chi connectivity index (χ0v) is 12.0. The second-order valence-electron chi connectivity index (χ2n) is 5.31. The summed E-state index contributed by atoms with van der Waals surface area (Å²) in [6.45, 7) is 1.98. The summed E-state index contributed by atoms with van der Waals surface area (Å²) in [6, 6.07) is 9.52. The SMILES string of the molecule is N#CN1CCC(CNC(=O)c2ncc(-c3ccccc3)o2)C1. The molecule has 1 aliphatic heterocycles. The van der Waals surface area contributed by atoms with Gasteiger partial charge in [-0.1, -0.05) is 30.3 Å². The molecule has 0 spiro atoms. The quantitative estimate of drug-likeness (QED) is 0.871. The first kappa shape index (κ1) is 14.1. The number of nitriles is 1. The fourth-order valence-electron chi connectivity index (χ4n) is 2.52. The average Bonchev–Trinajstić information content (AvgIpc) is 3.22. The van der Waals surface area contributed by atoms with Crippen molar-refractivity contribution < 1.29 is 9.21 Å². The molecular weight excluding hydrogens is 280 g/mol. The molecule has 0 radical (unpaired) electrons. The van der Waals surface area contributed by atoms with Gasteiger partial charge in [-0.2, -0.15) is 5.26 Å². The number of hydrogen-bond acceptors (Lipinski definition) is 5. The highest BCUT2D eigenvalue weighted by atomic mass is 16.4. The largest absolute Gasteiger partial charge is 0.432 e. The summed E-state index contributed by atoms with van der Waals surface area (Å²) in [7, 11) is 0. The fourth-order valence-corrected chi connectivity index (χ4v) is 2.52. The van der Waals surface area contributed by atoms with E-state index in [1.165, 1.54) is 0 Å². The van der Waals surface area contributed by atoms with Crippen LogP contribution in [0, 0.1) is 17.4 Å². The number of rotatable bonds is 4. The van der Waals surface area contributed by atoms with E-state index in [0.29, 0.717) is 24.8 Å². The Balaban J connectivity index is 1.57. The highest BCUT2D eigenvalue weighted by Crippen LogP contribution is 2.20. The number of carbonyl (C=O) groups is 1. The normalized spacial score (nSPS) is 17.2. The van der Waals surface area contributed by atoms with Crippen molar-refractivity contribution in [3.05, 3.63) is 42.4 Å². The summed E-state index contributed by atoms with van der Waals surface area (Å²) in [4.78, 5) is 17.8. The molecule has 1 fully saturated rings. The first-order chi connectivity index (χ1) is 10.8. The van der Waals surface area contributed by atoms with Crippen LogP contribution in [0.1, 0.15) is 17.1 Å². The van der Waals surface area contributed by atoms with E-state index in [2.05, 4.69) is 16.5 Å². The third-order valence-electron chi connectivity index (χ3n) is 3.74. The molecule has 1 aromatic carbocycles. The smallest absolute Gasteiger partial charge is 0.307 e. The Hall–Kier alpha value is -2.81. The van der Waals surface area contributed by atoms with Crippen LogP contribution in [0.2, 0.25) is 0 Å². The van der Waals surface area contributed by atoms with Crippen molar-refractivity contribution in [1.82, 2.24) is 15.2 Å². The third kappa shape index (κ3) is 3.09. The maximum Gasteiger partial charge on any atom is 0.307 e. The predicted octanol–water partition coefficient (Wildman–Crippen LogP) is 1.87. The molecule has 1 unspecified atom stereocenters. The average molecular weight is 296 g/mol. The molecule has 1 aliphatic rings. The van der Waals surface area contributed by atoms with E-state index in [0.717, 1.165) is 18.5 Å². The number of nitrogens with one attached hydrogen (secondary N) is 1. The van der Waals surface area contributed by atoms with Gasteiger partial charge in [0, 0.05) is 25.2 Å². The molecule has 22 heavy (non-hydrogen) atoms. The number of likely N-dealkylation sites (tertiary alicyclic amines) is 1. The number of hydrogen-bond donors (Lipinski definition) is 1. The van der Waals surface area contributed by atoms with Gasteiger partial charge in [0.15, 0.2) is 12.0 Å². The topological polar surface area (TPSA) is 82.2 Å². The van der Waals surface area contributed by atoms with E-state index in [1.54, 1.807) is 11.1 Å². The van der Waals surface area contributed by atoms with Crippen LogP contribution in [0.5, 0.6) is 0 Å². The Morgan fingerprint density at radius 1 is 1.45 bits per heavy atom. The molecule has 1 aromatic heterocycles. The summed E-state index contributed by atoms with van der Waals surface area (Å²) in [5.74, 6) is 0.612. The van der Waals surface area contributed by atoms with Crippen LogP contribution in [-0.4, -0.2) is 35.4 Å². The van der Waals surface area contributed by atoms with E-state index in [-0.39, 0.29) is 11.8 Å². The Morgan fingerprint density at radius 2 is 2.27 bits per heavy atom. The number of aromatic nitrogens is 1. The predicted molar refractivity (Wildman–Crippen MR) is 79.6 cm³/mol. The van der Waals surface area contributed by atoms with Crippen molar-refractivity contribution in [3.8, 4) is 17.5 Å². The zero-order valence-electron chi connectivity index (χ0n) is 12.0. The maximum atomic E-state index is 12.1. The molecule has 2 heterocycles. The van der Waals surface area contributed by atoms with E-state index >= 15 is 0 Å². The Kier molecular flexibility index (Phi) is 4.05. The Morgan fingerprint density at radius 3 is 3.00 bits per heavy atom. The van der Waals surface area contributed by atoms with E-state index in [4.69, 9.17) is 9.68 Å². The van der Waals surface area contributed by atoms with E-state index < -0.39 is 0 Å². The van der Waals surface area contributed by atoms with Crippen LogP contribution in [0.4, 0.5) is 0 Å². The van der Waals surface area contributed by atoms with Crippen molar-refractivity contribution in [3.63, 3.8) is 0 Å². The van der Waals surface area contributed by atoms with Gasteiger partial charge in [0.05, 0.1) is 6.20 Å². The van der Waals surface area contributed by atoms with Crippen molar-refractivity contribution in [2.24, 2.45) is 5.92 Å². The van der Waals surface area contributed by atoms with Crippen LogP contribution < -0.4 is 5.32 Å². The van der Waals surface area contributed by atoms with Gasteiger partial charge in [0.2, 0.25) is 0 Å². The lowest BCUT2D eigenvalue weighted by atomic mass is 10.1. The van der Waals surface area contributed by atoms with E-state index in [9.17, 15) is 4.79 Å². The van der Waals surface area contributed by atoms with Gasteiger partial charge in [-0.3, -0.25) is 4.79 Å². The fraction of sp³-hybridized carbons (Fsp3) is 0.312. The van der Waals surface area contributed by atoms with E-state index in [1.807, 2.05) is 30.3 Å². The standard InChI is InChI=1S/C16H16N4O2/c17-11-20-7-6-12(10-20)8-18-15(21)16-19-9-14(22-16)13-4-2-1-3-5-13/h1-5,9,12H,6-8,10H2,(H,18,21).